The fraction of sp³-hybridized carbons (Fsp3) is 0.250. The summed E-state index contributed by atoms with van der Waals surface area (Å²) in [5.74, 6) is 0.744. The van der Waals surface area contributed by atoms with Crippen LogP contribution in [-0.4, -0.2) is 4.92 Å². The van der Waals surface area contributed by atoms with Gasteiger partial charge in [-0.15, -0.1) is 0 Å². The summed E-state index contributed by atoms with van der Waals surface area (Å²) < 4.78 is 5.79. The Labute approximate surface area is 123 Å². The Hall–Kier alpha value is -2.40. The number of hydrogen-bond acceptors (Lipinski definition) is 4. The molecule has 0 aliphatic heterocycles. The normalized spacial score (nSPS) is 12.0. The molecule has 2 aromatic carbocycles. The van der Waals surface area contributed by atoms with Gasteiger partial charge in [-0.1, -0.05) is 17.7 Å². The van der Waals surface area contributed by atoms with Crippen molar-refractivity contribution >= 4 is 5.69 Å². The van der Waals surface area contributed by atoms with Crippen LogP contribution in [0.2, 0.25) is 0 Å². The molecule has 0 heterocycles. The van der Waals surface area contributed by atoms with E-state index in [1.807, 2.05) is 32.0 Å². The molecule has 110 valence electrons. The number of benzene rings is 2. The highest BCUT2D eigenvalue weighted by molar-refractivity contribution is 5.39. The van der Waals surface area contributed by atoms with Gasteiger partial charge in [0.2, 0.25) is 0 Å². The Morgan fingerprint density at radius 3 is 2.48 bits per heavy atom. The number of rotatable bonds is 5. The predicted octanol–water partition coefficient (Wildman–Crippen LogP) is 3.50. The lowest BCUT2D eigenvalue weighted by Crippen LogP contribution is -2.08. The van der Waals surface area contributed by atoms with Gasteiger partial charge in [-0.05, 0) is 37.6 Å². The second kappa shape index (κ2) is 6.37. The molecule has 5 nitrogen and oxygen atoms in total. The molecule has 0 unspecified atom stereocenters. The van der Waals surface area contributed by atoms with Crippen LogP contribution in [0, 0.1) is 17.0 Å². The van der Waals surface area contributed by atoms with Crippen LogP contribution in [0.1, 0.15) is 29.7 Å². The molecule has 0 aliphatic rings. The minimum atomic E-state index is -0.418. The van der Waals surface area contributed by atoms with Crippen LogP contribution >= 0.6 is 0 Å². The van der Waals surface area contributed by atoms with Crippen LogP contribution in [0.5, 0.6) is 5.75 Å². The van der Waals surface area contributed by atoms with Gasteiger partial charge in [-0.3, -0.25) is 10.1 Å². The molecule has 0 fully saturated rings. The number of nitro groups is 1. The highest BCUT2D eigenvalue weighted by Crippen LogP contribution is 2.26. The molecule has 0 saturated heterocycles. The fourth-order valence-corrected chi connectivity index (χ4v) is 2.03. The summed E-state index contributed by atoms with van der Waals surface area (Å²) in [6.07, 6.45) is 0. The first kappa shape index (κ1) is 15.0. The molecule has 0 aromatic heterocycles. The monoisotopic (exact) mass is 286 g/mol. The van der Waals surface area contributed by atoms with E-state index in [-0.39, 0.29) is 11.7 Å². The highest BCUT2D eigenvalue weighted by Gasteiger charge is 2.09. The Morgan fingerprint density at radius 2 is 1.90 bits per heavy atom. The maximum Gasteiger partial charge on any atom is 0.269 e. The summed E-state index contributed by atoms with van der Waals surface area (Å²) in [5, 5.41) is 10.6. The minimum Gasteiger partial charge on any atom is -0.489 e. The van der Waals surface area contributed by atoms with Crippen molar-refractivity contribution in [1.82, 2.24) is 0 Å². The van der Waals surface area contributed by atoms with Crippen molar-refractivity contribution in [3.05, 3.63) is 69.3 Å². The quantitative estimate of drug-likeness (QED) is 0.674. The first-order chi connectivity index (χ1) is 9.97. The standard InChI is InChI=1S/C16H18N2O3/c1-11-3-8-16(15(9-11)12(2)17)21-10-13-4-6-14(7-5-13)18(19)20/h3-9,12H,10,17H2,1-2H3/t12-/m0/s1. The molecule has 1 atom stereocenters. The number of ether oxygens (including phenoxy) is 1. The first-order valence-electron chi connectivity index (χ1n) is 6.69. The zero-order chi connectivity index (χ0) is 15.4. The number of non-ortho nitro benzene ring substituents is 1. The molecule has 2 rings (SSSR count). The average Bonchev–Trinajstić information content (AvgIpc) is 2.46. The third kappa shape index (κ3) is 3.79. The van der Waals surface area contributed by atoms with E-state index in [1.54, 1.807) is 12.1 Å². The summed E-state index contributed by atoms with van der Waals surface area (Å²) in [4.78, 5) is 10.2. The fourth-order valence-electron chi connectivity index (χ4n) is 2.03. The van der Waals surface area contributed by atoms with Crippen molar-refractivity contribution in [2.75, 3.05) is 0 Å². The third-order valence-corrected chi connectivity index (χ3v) is 3.20. The maximum atomic E-state index is 10.6. The number of hydrogen-bond donors (Lipinski definition) is 1. The van der Waals surface area contributed by atoms with E-state index in [0.717, 1.165) is 22.4 Å². The molecular formula is C16H18N2O3. The van der Waals surface area contributed by atoms with Gasteiger partial charge in [0.05, 0.1) is 4.92 Å². The van der Waals surface area contributed by atoms with Gasteiger partial charge in [0.15, 0.2) is 0 Å². The van der Waals surface area contributed by atoms with Crippen molar-refractivity contribution in [2.24, 2.45) is 5.73 Å². The Bertz CT molecular complexity index is 636. The predicted molar refractivity (Wildman–Crippen MR) is 81.2 cm³/mol. The minimum absolute atomic E-state index is 0.0744. The number of nitrogens with two attached hydrogens (primary N) is 1. The number of nitro benzene ring substituents is 1. The molecule has 2 aromatic rings. The van der Waals surface area contributed by atoms with Crippen LogP contribution in [0.15, 0.2) is 42.5 Å². The van der Waals surface area contributed by atoms with Gasteiger partial charge in [-0.25, -0.2) is 0 Å². The molecule has 0 saturated carbocycles. The van der Waals surface area contributed by atoms with Gasteiger partial charge >= 0.3 is 0 Å². The molecule has 21 heavy (non-hydrogen) atoms. The molecule has 0 amide bonds. The molecule has 0 spiro atoms. The topological polar surface area (TPSA) is 78.4 Å². The van der Waals surface area contributed by atoms with Crippen molar-refractivity contribution < 1.29 is 9.66 Å². The van der Waals surface area contributed by atoms with Crippen molar-refractivity contribution in [3.63, 3.8) is 0 Å². The van der Waals surface area contributed by atoms with Gasteiger partial charge < -0.3 is 10.5 Å². The van der Waals surface area contributed by atoms with Gasteiger partial charge in [-0.2, -0.15) is 0 Å². The van der Waals surface area contributed by atoms with E-state index in [1.165, 1.54) is 12.1 Å². The summed E-state index contributed by atoms with van der Waals surface area (Å²) >= 11 is 0. The molecule has 0 radical (unpaired) electrons. The average molecular weight is 286 g/mol. The van der Waals surface area contributed by atoms with Gasteiger partial charge in [0.25, 0.3) is 5.69 Å². The largest absolute Gasteiger partial charge is 0.489 e. The molecular weight excluding hydrogens is 268 g/mol. The van der Waals surface area contributed by atoms with Crippen LogP contribution < -0.4 is 10.5 Å². The molecule has 2 N–H and O–H groups in total. The van der Waals surface area contributed by atoms with E-state index >= 15 is 0 Å². The van der Waals surface area contributed by atoms with E-state index in [2.05, 4.69) is 0 Å². The van der Waals surface area contributed by atoms with Crippen LogP contribution in [0.3, 0.4) is 0 Å². The van der Waals surface area contributed by atoms with E-state index < -0.39 is 4.92 Å². The Balaban J connectivity index is 2.11. The van der Waals surface area contributed by atoms with Gasteiger partial charge in [0, 0.05) is 23.7 Å². The zero-order valence-electron chi connectivity index (χ0n) is 12.1. The lowest BCUT2D eigenvalue weighted by molar-refractivity contribution is -0.384. The number of aryl methyl sites for hydroxylation is 1. The SMILES string of the molecule is Cc1ccc(OCc2ccc([N+](=O)[O-])cc2)c([C@H](C)N)c1. The second-order valence-corrected chi connectivity index (χ2v) is 5.04. The van der Waals surface area contributed by atoms with E-state index in [0.29, 0.717) is 6.61 Å². The zero-order valence-corrected chi connectivity index (χ0v) is 12.1. The summed E-state index contributed by atoms with van der Waals surface area (Å²) in [6, 6.07) is 12.1. The van der Waals surface area contributed by atoms with Crippen LogP contribution in [-0.2, 0) is 6.61 Å². The lowest BCUT2D eigenvalue weighted by Gasteiger charge is -2.15. The Kier molecular flexibility index (Phi) is 4.55. The molecule has 0 bridgehead atoms. The van der Waals surface area contributed by atoms with Crippen molar-refractivity contribution in [2.45, 2.75) is 26.5 Å². The summed E-state index contributed by atoms with van der Waals surface area (Å²) in [5.41, 5.74) is 8.98. The molecule has 0 aliphatic carbocycles. The summed E-state index contributed by atoms with van der Waals surface area (Å²) in [7, 11) is 0. The molecule has 5 heteroatoms. The summed E-state index contributed by atoms with van der Waals surface area (Å²) in [6.45, 7) is 4.26. The van der Waals surface area contributed by atoms with E-state index in [9.17, 15) is 10.1 Å². The van der Waals surface area contributed by atoms with Gasteiger partial charge in [0.1, 0.15) is 12.4 Å². The maximum absolute atomic E-state index is 10.6. The first-order valence-corrected chi connectivity index (χ1v) is 6.69. The Morgan fingerprint density at radius 1 is 1.24 bits per heavy atom. The van der Waals surface area contributed by atoms with E-state index in [4.69, 9.17) is 10.5 Å². The highest BCUT2D eigenvalue weighted by atomic mass is 16.6. The van der Waals surface area contributed by atoms with Crippen molar-refractivity contribution in [3.8, 4) is 5.75 Å². The van der Waals surface area contributed by atoms with Crippen LogP contribution in [0.25, 0.3) is 0 Å². The van der Waals surface area contributed by atoms with Crippen LogP contribution in [0.4, 0.5) is 5.69 Å². The van der Waals surface area contributed by atoms with Crippen molar-refractivity contribution in [1.29, 1.82) is 0 Å². The smallest absolute Gasteiger partial charge is 0.269 e. The second-order valence-electron chi connectivity index (χ2n) is 5.04. The number of nitrogens with zero attached hydrogens (tertiary/aromatic N) is 1. The third-order valence-electron chi connectivity index (χ3n) is 3.20. The lowest BCUT2D eigenvalue weighted by atomic mass is 10.1.